The van der Waals surface area contributed by atoms with Crippen molar-refractivity contribution in [3.63, 3.8) is 0 Å². The van der Waals surface area contributed by atoms with Crippen LogP contribution in [0.3, 0.4) is 0 Å². The number of hydrogen-bond donors (Lipinski definition) is 2. The molecule has 3 rings (SSSR count). The van der Waals surface area contributed by atoms with E-state index in [4.69, 9.17) is 0 Å². The Bertz CT molecular complexity index is 265. The monoisotopic (exact) mass is 252 g/mol. The quantitative estimate of drug-likeness (QED) is 0.782. The highest BCUT2D eigenvalue weighted by Crippen LogP contribution is 2.29. The van der Waals surface area contributed by atoms with E-state index >= 15 is 0 Å². The molecule has 0 aromatic heterocycles. The fourth-order valence-electron chi connectivity index (χ4n) is 4.32. The molecule has 0 radical (unpaired) electrons. The summed E-state index contributed by atoms with van der Waals surface area (Å²) in [4.78, 5) is 2.63. The van der Waals surface area contributed by atoms with Gasteiger partial charge in [0.2, 0.25) is 0 Å². The van der Waals surface area contributed by atoms with Crippen LogP contribution in [0, 0.1) is 5.92 Å². The Kier molecular flexibility index (Phi) is 4.22. The molecule has 1 aliphatic carbocycles. The first-order valence-electron chi connectivity index (χ1n) is 7.98. The first kappa shape index (κ1) is 12.9. The Morgan fingerprint density at radius 1 is 1.06 bits per heavy atom. The van der Waals surface area contributed by atoms with Gasteiger partial charge in [-0.1, -0.05) is 25.7 Å². The van der Waals surface area contributed by atoms with E-state index in [1.54, 1.807) is 0 Å². The highest BCUT2D eigenvalue weighted by Gasteiger charge is 2.36. The predicted octanol–water partition coefficient (Wildman–Crippen LogP) is 1.75. The molecule has 104 valence electrons. The topological polar surface area (TPSA) is 35.5 Å². The summed E-state index contributed by atoms with van der Waals surface area (Å²) in [5.41, 5.74) is 0. The van der Waals surface area contributed by atoms with Gasteiger partial charge in [-0.05, 0) is 38.1 Å². The number of hydrogen-bond acceptors (Lipinski definition) is 3. The van der Waals surface area contributed by atoms with Crippen molar-refractivity contribution in [1.82, 2.24) is 10.2 Å². The Labute approximate surface area is 111 Å². The summed E-state index contributed by atoms with van der Waals surface area (Å²) in [7, 11) is 0. The highest BCUT2D eigenvalue weighted by molar-refractivity contribution is 4.95. The summed E-state index contributed by atoms with van der Waals surface area (Å²) in [6, 6.07) is 1.41. The molecule has 3 nitrogen and oxygen atoms in total. The summed E-state index contributed by atoms with van der Waals surface area (Å²) in [5.74, 6) is 0.799. The van der Waals surface area contributed by atoms with Gasteiger partial charge < -0.3 is 10.4 Å². The second kappa shape index (κ2) is 5.89. The van der Waals surface area contributed by atoms with Crippen LogP contribution in [0.2, 0.25) is 0 Å². The van der Waals surface area contributed by atoms with Gasteiger partial charge in [-0.3, -0.25) is 4.90 Å². The van der Waals surface area contributed by atoms with Gasteiger partial charge >= 0.3 is 0 Å². The van der Waals surface area contributed by atoms with Crippen LogP contribution in [0.15, 0.2) is 0 Å². The van der Waals surface area contributed by atoms with Crippen LogP contribution < -0.4 is 5.32 Å². The van der Waals surface area contributed by atoms with Gasteiger partial charge in [0.25, 0.3) is 0 Å². The average molecular weight is 252 g/mol. The lowest BCUT2D eigenvalue weighted by molar-refractivity contribution is 0.134. The summed E-state index contributed by atoms with van der Waals surface area (Å²) >= 11 is 0. The van der Waals surface area contributed by atoms with Crippen molar-refractivity contribution in [2.45, 2.75) is 69.6 Å². The molecule has 1 saturated carbocycles. The van der Waals surface area contributed by atoms with Crippen LogP contribution >= 0.6 is 0 Å². The van der Waals surface area contributed by atoms with Gasteiger partial charge in [-0.25, -0.2) is 0 Å². The normalized spacial score (nSPS) is 35.2. The van der Waals surface area contributed by atoms with Crippen LogP contribution in [-0.4, -0.2) is 47.8 Å². The molecule has 3 atom stereocenters. The van der Waals surface area contributed by atoms with Crippen LogP contribution in [0.1, 0.15) is 51.4 Å². The van der Waals surface area contributed by atoms with Gasteiger partial charge in [0, 0.05) is 25.2 Å². The number of nitrogens with zero attached hydrogens (tertiary/aromatic N) is 1. The molecule has 2 N–H and O–H groups in total. The lowest BCUT2D eigenvalue weighted by Gasteiger charge is -2.23. The Morgan fingerprint density at radius 2 is 1.89 bits per heavy atom. The Morgan fingerprint density at radius 3 is 2.72 bits per heavy atom. The zero-order valence-corrected chi connectivity index (χ0v) is 11.5. The molecule has 2 heterocycles. The van der Waals surface area contributed by atoms with Crippen molar-refractivity contribution in [1.29, 1.82) is 0 Å². The first-order chi connectivity index (χ1) is 8.83. The minimum absolute atomic E-state index is 0.122. The van der Waals surface area contributed by atoms with Gasteiger partial charge in [-0.2, -0.15) is 0 Å². The fraction of sp³-hybridized carbons (Fsp3) is 1.00. The van der Waals surface area contributed by atoms with Crippen molar-refractivity contribution in [2.75, 3.05) is 19.6 Å². The van der Waals surface area contributed by atoms with Crippen molar-refractivity contribution < 1.29 is 5.11 Å². The molecular formula is C15H28N2O. The zero-order valence-electron chi connectivity index (χ0n) is 11.5. The number of rotatable bonds is 5. The molecule has 3 unspecified atom stereocenters. The molecule has 3 aliphatic rings. The Balaban J connectivity index is 1.38. The van der Waals surface area contributed by atoms with E-state index in [0.717, 1.165) is 24.9 Å². The van der Waals surface area contributed by atoms with E-state index in [-0.39, 0.29) is 6.10 Å². The summed E-state index contributed by atoms with van der Waals surface area (Å²) < 4.78 is 0. The van der Waals surface area contributed by atoms with Crippen molar-refractivity contribution >= 4 is 0 Å². The van der Waals surface area contributed by atoms with Crippen LogP contribution in [-0.2, 0) is 0 Å². The molecule has 0 bridgehead atoms. The lowest BCUT2D eigenvalue weighted by atomic mass is 9.99. The molecule has 0 amide bonds. The predicted molar refractivity (Wildman–Crippen MR) is 73.6 cm³/mol. The van der Waals surface area contributed by atoms with E-state index in [1.165, 1.54) is 58.0 Å². The maximum absolute atomic E-state index is 10.1. The molecular weight excluding hydrogens is 224 g/mol. The van der Waals surface area contributed by atoms with E-state index in [9.17, 15) is 5.11 Å². The van der Waals surface area contributed by atoms with Crippen LogP contribution in [0.4, 0.5) is 0 Å². The molecule has 0 spiro atoms. The maximum atomic E-state index is 10.1. The molecule has 2 aliphatic heterocycles. The van der Waals surface area contributed by atoms with Crippen molar-refractivity contribution in [3.05, 3.63) is 0 Å². The van der Waals surface area contributed by atoms with Crippen LogP contribution in [0.5, 0.6) is 0 Å². The summed E-state index contributed by atoms with van der Waals surface area (Å²) in [5, 5.41) is 13.8. The number of nitrogens with one attached hydrogen (secondary N) is 1. The second-order valence-corrected chi connectivity index (χ2v) is 6.59. The van der Waals surface area contributed by atoms with Gasteiger partial charge in [0.05, 0.1) is 6.10 Å². The number of aliphatic hydroxyl groups excluding tert-OH is 1. The Hall–Kier alpha value is -0.120. The number of aliphatic hydroxyl groups is 1. The van der Waals surface area contributed by atoms with Gasteiger partial charge in [0.15, 0.2) is 0 Å². The summed E-state index contributed by atoms with van der Waals surface area (Å²) in [6.07, 6.45) is 10.4. The average Bonchev–Trinajstić information content (AvgIpc) is 3.03. The molecule has 2 saturated heterocycles. The third-order valence-electron chi connectivity index (χ3n) is 5.30. The number of fused-ring (bicyclic) bond motifs is 1. The minimum Gasteiger partial charge on any atom is -0.392 e. The smallest absolute Gasteiger partial charge is 0.0667 e. The molecule has 0 aromatic carbocycles. The minimum atomic E-state index is -0.122. The van der Waals surface area contributed by atoms with E-state index in [1.807, 2.05) is 0 Å². The standard InChI is InChI=1S/C15H28N2O/c18-13(10-12-4-1-2-5-12)11-16-14-7-9-17-8-3-6-15(14)17/h12-16,18H,1-11H2. The molecule has 18 heavy (non-hydrogen) atoms. The third-order valence-corrected chi connectivity index (χ3v) is 5.30. The zero-order chi connectivity index (χ0) is 12.4. The van der Waals surface area contributed by atoms with Crippen molar-refractivity contribution in [2.24, 2.45) is 5.92 Å². The maximum Gasteiger partial charge on any atom is 0.0667 e. The van der Waals surface area contributed by atoms with Gasteiger partial charge in [0.1, 0.15) is 0 Å². The molecule has 3 heteroatoms. The third kappa shape index (κ3) is 2.89. The SMILES string of the molecule is OC(CNC1CCN2CCCC12)CC1CCCC1. The largest absolute Gasteiger partial charge is 0.392 e. The lowest BCUT2D eigenvalue weighted by Crippen LogP contribution is -2.42. The van der Waals surface area contributed by atoms with Crippen molar-refractivity contribution in [3.8, 4) is 0 Å². The fourth-order valence-corrected chi connectivity index (χ4v) is 4.32. The van der Waals surface area contributed by atoms with E-state index in [2.05, 4.69) is 10.2 Å². The summed E-state index contributed by atoms with van der Waals surface area (Å²) in [6.45, 7) is 3.38. The highest BCUT2D eigenvalue weighted by atomic mass is 16.3. The van der Waals surface area contributed by atoms with Gasteiger partial charge in [-0.15, -0.1) is 0 Å². The van der Waals surface area contributed by atoms with E-state index < -0.39 is 0 Å². The molecule has 3 fully saturated rings. The second-order valence-electron chi connectivity index (χ2n) is 6.59. The van der Waals surface area contributed by atoms with Crippen LogP contribution in [0.25, 0.3) is 0 Å². The van der Waals surface area contributed by atoms with E-state index in [0.29, 0.717) is 6.04 Å². The molecule has 0 aromatic rings. The first-order valence-corrected chi connectivity index (χ1v) is 7.98.